The van der Waals surface area contributed by atoms with E-state index in [1.807, 2.05) is 0 Å². The maximum atomic E-state index is 12.6. The summed E-state index contributed by atoms with van der Waals surface area (Å²) in [5, 5.41) is 0. The van der Waals surface area contributed by atoms with Gasteiger partial charge in [-0.3, -0.25) is 0 Å². The molecule has 21 heavy (non-hydrogen) atoms. The third-order valence-electron chi connectivity index (χ3n) is 4.66. The Balaban J connectivity index is 2.05. The van der Waals surface area contributed by atoms with Crippen molar-refractivity contribution in [2.75, 3.05) is 13.1 Å². The Hall–Kier alpha value is -0.240. The van der Waals surface area contributed by atoms with E-state index in [4.69, 9.17) is 18.0 Å². The Labute approximate surface area is 133 Å². The van der Waals surface area contributed by atoms with Crippen molar-refractivity contribution in [3.8, 4) is 0 Å². The highest BCUT2D eigenvalue weighted by Gasteiger charge is 2.33. The molecular weight excluding hydrogens is 306 g/mol. The van der Waals surface area contributed by atoms with Crippen LogP contribution in [0.5, 0.6) is 0 Å². The van der Waals surface area contributed by atoms with E-state index < -0.39 is 16.3 Å². The maximum absolute atomic E-state index is 12.6. The van der Waals surface area contributed by atoms with E-state index in [1.165, 1.54) is 6.42 Å². The molecule has 7 heteroatoms. The van der Waals surface area contributed by atoms with Gasteiger partial charge in [-0.05, 0) is 37.5 Å². The Morgan fingerprint density at radius 2 is 1.90 bits per heavy atom. The van der Waals surface area contributed by atoms with Gasteiger partial charge in [0.2, 0.25) is 0 Å². The predicted molar refractivity (Wildman–Crippen MR) is 89.2 cm³/mol. The first-order valence-corrected chi connectivity index (χ1v) is 9.81. The van der Waals surface area contributed by atoms with Crippen molar-refractivity contribution in [2.24, 2.45) is 17.6 Å². The van der Waals surface area contributed by atoms with Crippen LogP contribution in [0.2, 0.25) is 0 Å². The van der Waals surface area contributed by atoms with Gasteiger partial charge in [0.15, 0.2) is 0 Å². The zero-order chi connectivity index (χ0) is 15.5. The molecule has 0 radical (unpaired) electrons. The first-order valence-electron chi connectivity index (χ1n) is 7.97. The van der Waals surface area contributed by atoms with E-state index in [0.29, 0.717) is 19.0 Å². The largest absolute Gasteiger partial charge is 0.392 e. The zero-order valence-electron chi connectivity index (χ0n) is 12.8. The van der Waals surface area contributed by atoms with Gasteiger partial charge in [0.05, 0.1) is 11.0 Å². The first kappa shape index (κ1) is 17.1. The van der Waals surface area contributed by atoms with Crippen LogP contribution >= 0.6 is 12.2 Å². The summed E-state index contributed by atoms with van der Waals surface area (Å²) in [6.45, 7) is 3.27. The van der Waals surface area contributed by atoms with Crippen molar-refractivity contribution < 1.29 is 8.42 Å². The van der Waals surface area contributed by atoms with E-state index in [0.717, 1.165) is 38.5 Å². The van der Waals surface area contributed by atoms with Crippen molar-refractivity contribution in [1.29, 1.82) is 0 Å². The van der Waals surface area contributed by atoms with Crippen LogP contribution in [-0.4, -0.2) is 36.8 Å². The minimum atomic E-state index is -3.49. The van der Waals surface area contributed by atoms with Crippen LogP contribution in [-0.2, 0) is 10.2 Å². The molecule has 2 aliphatic rings. The molecule has 0 aromatic heterocycles. The molecule has 5 nitrogen and oxygen atoms in total. The molecule has 0 spiro atoms. The van der Waals surface area contributed by atoms with Crippen LogP contribution in [0.25, 0.3) is 0 Å². The van der Waals surface area contributed by atoms with E-state index in [9.17, 15) is 8.42 Å². The number of nitrogens with two attached hydrogens (primary N) is 1. The fourth-order valence-electron chi connectivity index (χ4n) is 3.45. The normalized spacial score (nSPS) is 27.4. The molecule has 0 aromatic rings. The van der Waals surface area contributed by atoms with E-state index in [1.54, 1.807) is 4.31 Å². The predicted octanol–water partition coefficient (Wildman–Crippen LogP) is 1.79. The highest BCUT2D eigenvalue weighted by Crippen LogP contribution is 2.27. The van der Waals surface area contributed by atoms with Gasteiger partial charge in [0.1, 0.15) is 0 Å². The number of hydrogen-bond acceptors (Lipinski definition) is 3. The average molecular weight is 334 g/mol. The molecule has 1 heterocycles. The van der Waals surface area contributed by atoms with Gasteiger partial charge in [-0.2, -0.15) is 17.4 Å². The molecule has 0 aromatic carbocycles. The molecule has 1 saturated heterocycles. The van der Waals surface area contributed by atoms with Crippen molar-refractivity contribution in [2.45, 2.75) is 57.9 Å². The van der Waals surface area contributed by atoms with Gasteiger partial charge in [-0.15, -0.1) is 0 Å². The van der Waals surface area contributed by atoms with Gasteiger partial charge in [-0.25, -0.2) is 0 Å². The Bertz CT molecular complexity index is 461. The molecule has 0 amide bonds. The number of thiocarbonyl (C=S) groups is 1. The van der Waals surface area contributed by atoms with Gasteiger partial charge in [-0.1, -0.05) is 38.4 Å². The summed E-state index contributed by atoms with van der Waals surface area (Å²) < 4.78 is 29.5. The van der Waals surface area contributed by atoms with Crippen molar-refractivity contribution in [3.05, 3.63) is 0 Å². The summed E-state index contributed by atoms with van der Waals surface area (Å²) in [5.74, 6) is 0.654. The number of hydrogen-bond donors (Lipinski definition) is 2. The monoisotopic (exact) mass is 333 g/mol. The second-order valence-electron chi connectivity index (χ2n) is 6.51. The fourth-order valence-corrected chi connectivity index (χ4v) is 5.39. The molecule has 2 rings (SSSR count). The standard InChI is InChI=1S/C14H27N3O2S2/c1-11-6-5-9-17(10-11)21(18,19)16-13(14(15)20)12-7-3-2-4-8-12/h11-13,16H,2-10H2,1H3,(H2,15,20). The molecule has 0 bridgehead atoms. The second kappa shape index (κ2) is 7.35. The quantitative estimate of drug-likeness (QED) is 0.752. The third kappa shape index (κ3) is 4.61. The number of piperidine rings is 1. The summed E-state index contributed by atoms with van der Waals surface area (Å²) in [6.07, 6.45) is 7.49. The summed E-state index contributed by atoms with van der Waals surface area (Å²) in [6, 6.07) is -0.400. The van der Waals surface area contributed by atoms with Crippen LogP contribution in [0.1, 0.15) is 51.9 Å². The van der Waals surface area contributed by atoms with E-state index in [-0.39, 0.29) is 10.9 Å². The summed E-state index contributed by atoms with van der Waals surface area (Å²) >= 11 is 5.12. The maximum Gasteiger partial charge on any atom is 0.280 e. The van der Waals surface area contributed by atoms with Crippen molar-refractivity contribution >= 4 is 27.4 Å². The summed E-state index contributed by atoms with van der Waals surface area (Å²) in [7, 11) is -3.49. The van der Waals surface area contributed by atoms with E-state index in [2.05, 4.69) is 11.6 Å². The Kier molecular flexibility index (Phi) is 5.99. The topological polar surface area (TPSA) is 75.4 Å². The molecular formula is C14H27N3O2S2. The van der Waals surface area contributed by atoms with Gasteiger partial charge in [0.25, 0.3) is 10.2 Å². The summed E-state index contributed by atoms with van der Waals surface area (Å²) in [5.41, 5.74) is 5.82. The third-order valence-corrected chi connectivity index (χ3v) is 6.48. The summed E-state index contributed by atoms with van der Waals surface area (Å²) in [4.78, 5) is 0.274. The molecule has 3 N–H and O–H groups in total. The lowest BCUT2D eigenvalue weighted by atomic mass is 9.84. The average Bonchev–Trinajstić information content (AvgIpc) is 2.45. The lowest BCUT2D eigenvalue weighted by Crippen LogP contribution is -2.54. The molecule has 1 aliphatic carbocycles. The molecule has 1 aliphatic heterocycles. The smallest absolute Gasteiger partial charge is 0.280 e. The molecule has 2 atom stereocenters. The lowest BCUT2D eigenvalue weighted by molar-refractivity contribution is 0.272. The highest BCUT2D eigenvalue weighted by atomic mass is 32.2. The van der Waals surface area contributed by atoms with E-state index >= 15 is 0 Å². The number of rotatable bonds is 5. The van der Waals surface area contributed by atoms with Gasteiger partial charge >= 0.3 is 0 Å². The van der Waals surface area contributed by atoms with Crippen LogP contribution < -0.4 is 10.5 Å². The molecule has 122 valence electrons. The van der Waals surface area contributed by atoms with Gasteiger partial charge in [0, 0.05) is 13.1 Å². The number of nitrogens with one attached hydrogen (secondary N) is 1. The van der Waals surface area contributed by atoms with Crippen LogP contribution in [0.3, 0.4) is 0 Å². The molecule has 2 fully saturated rings. The van der Waals surface area contributed by atoms with Crippen LogP contribution in [0.4, 0.5) is 0 Å². The van der Waals surface area contributed by atoms with Gasteiger partial charge < -0.3 is 5.73 Å². The number of nitrogens with zero attached hydrogens (tertiary/aromatic N) is 1. The minimum Gasteiger partial charge on any atom is -0.392 e. The van der Waals surface area contributed by atoms with Crippen molar-refractivity contribution in [3.63, 3.8) is 0 Å². The van der Waals surface area contributed by atoms with Crippen molar-refractivity contribution in [1.82, 2.24) is 9.03 Å². The Morgan fingerprint density at radius 1 is 1.24 bits per heavy atom. The minimum absolute atomic E-state index is 0.244. The fraction of sp³-hybridized carbons (Fsp3) is 0.929. The highest BCUT2D eigenvalue weighted by molar-refractivity contribution is 7.87. The van der Waals surface area contributed by atoms with Crippen LogP contribution in [0, 0.1) is 11.8 Å². The second-order valence-corrected chi connectivity index (χ2v) is 8.68. The first-order chi connectivity index (χ1) is 9.90. The SMILES string of the molecule is CC1CCCN(S(=O)(=O)NC(C(N)=S)C2CCCCC2)C1. The Morgan fingerprint density at radius 3 is 2.48 bits per heavy atom. The zero-order valence-corrected chi connectivity index (χ0v) is 14.4. The van der Waals surface area contributed by atoms with Crippen LogP contribution in [0.15, 0.2) is 0 Å². The molecule has 2 unspecified atom stereocenters. The lowest BCUT2D eigenvalue weighted by Gasteiger charge is -2.34. The molecule has 1 saturated carbocycles.